The molecule has 2 N–H and O–H groups in total. The Morgan fingerprint density at radius 2 is 1.84 bits per heavy atom. The fourth-order valence-corrected chi connectivity index (χ4v) is 2.41. The van der Waals surface area contributed by atoms with Crippen molar-refractivity contribution in [3.63, 3.8) is 0 Å². The van der Waals surface area contributed by atoms with Crippen LogP contribution in [0.3, 0.4) is 0 Å². The zero-order chi connectivity index (χ0) is 13.8. The van der Waals surface area contributed by atoms with Gasteiger partial charge in [-0.3, -0.25) is 0 Å². The molecule has 1 atom stereocenters. The highest BCUT2D eigenvalue weighted by atomic mass is 14.5. The van der Waals surface area contributed by atoms with Crippen molar-refractivity contribution < 1.29 is 0 Å². The van der Waals surface area contributed by atoms with Crippen molar-refractivity contribution in [2.24, 2.45) is 5.73 Å². The van der Waals surface area contributed by atoms with Crippen LogP contribution in [0.2, 0.25) is 0 Å². The first-order valence-corrected chi connectivity index (χ1v) is 6.95. The summed E-state index contributed by atoms with van der Waals surface area (Å²) < 4.78 is 0. The van der Waals surface area contributed by atoms with Gasteiger partial charge in [-0.05, 0) is 55.0 Å². The number of benzene rings is 2. The first kappa shape index (κ1) is 13.8. The number of rotatable bonds is 4. The van der Waals surface area contributed by atoms with Gasteiger partial charge in [-0.15, -0.1) is 0 Å². The standard InChI is InChI=1S/C18H23N/c1-13-7-8-18(14(2)9-13)11-16-5-4-6-17(10-16)15(3)12-19/h4-10,15H,11-12,19H2,1-3H3. The quantitative estimate of drug-likeness (QED) is 0.877. The van der Waals surface area contributed by atoms with Crippen LogP contribution in [-0.2, 0) is 6.42 Å². The van der Waals surface area contributed by atoms with E-state index in [1.165, 1.54) is 27.8 Å². The van der Waals surface area contributed by atoms with Crippen LogP contribution < -0.4 is 5.73 Å². The molecule has 19 heavy (non-hydrogen) atoms. The highest BCUT2D eigenvalue weighted by molar-refractivity contribution is 5.36. The van der Waals surface area contributed by atoms with E-state index in [0.29, 0.717) is 12.5 Å². The van der Waals surface area contributed by atoms with Crippen molar-refractivity contribution in [3.8, 4) is 0 Å². The van der Waals surface area contributed by atoms with E-state index in [1.807, 2.05) is 0 Å². The van der Waals surface area contributed by atoms with Gasteiger partial charge in [0.15, 0.2) is 0 Å². The van der Waals surface area contributed by atoms with E-state index in [-0.39, 0.29) is 0 Å². The third-order valence-electron chi connectivity index (χ3n) is 3.77. The highest BCUT2D eigenvalue weighted by Crippen LogP contribution is 2.19. The summed E-state index contributed by atoms with van der Waals surface area (Å²) in [4.78, 5) is 0. The molecule has 2 aromatic rings. The molecule has 0 aliphatic carbocycles. The van der Waals surface area contributed by atoms with Crippen LogP contribution in [0.5, 0.6) is 0 Å². The van der Waals surface area contributed by atoms with Crippen LogP contribution in [0.25, 0.3) is 0 Å². The zero-order valence-corrected chi connectivity index (χ0v) is 12.1. The van der Waals surface area contributed by atoms with Crippen LogP contribution in [0.15, 0.2) is 42.5 Å². The van der Waals surface area contributed by atoms with Crippen molar-refractivity contribution in [3.05, 3.63) is 70.3 Å². The normalized spacial score (nSPS) is 12.4. The van der Waals surface area contributed by atoms with Gasteiger partial charge >= 0.3 is 0 Å². The van der Waals surface area contributed by atoms with Crippen molar-refractivity contribution in [2.75, 3.05) is 6.54 Å². The van der Waals surface area contributed by atoms with E-state index in [1.54, 1.807) is 0 Å². The Morgan fingerprint density at radius 3 is 2.53 bits per heavy atom. The lowest BCUT2D eigenvalue weighted by atomic mass is 9.94. The Morgan fingerprint density at radius 1 is 1.05 bits per heavy atom. The molecule has 0 aliphatic heterocycles. The summed E-state index contributed by atoms with van der Waals surface area (Å²) in [7, 11) is 0. The molecule has 0 bridgehead atoms. The molecule has 0 fully saturated rings. The molecule has 0 radical (unpaired) electrons. The summed E-state index contributed by atoms with van der Waals surface area (Å²) >= 11 is 0. The molecule has 0 spiro atoms. The molecule has 0 heterocycles. The SMILES string of the molecule is Cc1ccc(Cc2cccc(C(C)CN)c2)c(C)c1. The zero-order valence-electron chi connectivity index (χ0n) is 12.1. The second-order valence-corrected chi connectivity index (χ2v) is 5.49. The van der Waals surface area contributed by atoms with Gasteiger partial charge < -0.3 is 5.73 Å². The van der Waals surface area contributed by atoms with Crippen LogP contribution in [-0.4, -0.2) is 6.54 Å². The Kier molecular flexibility index (Phi) is 4.39. The number of aryl methyl sites for hydroxylation is 2. The predicted octanol–water partition coefficient (Wildman–Crippen LogP) is 3.96. The topological polar surface area (TPSA) is 26.0 Å². The Bertz CT molecular complexity index is 557. The lowest BCUT2D eigenvalue weighted by molar-refractivity contribution is 0.772. The van der Waals surface area contributed by atoms with Crippen LogP contribution in [0, 0.1) is 13.8 Å². The molecule has 0 saturated carbocycles. The lowest BCUT2D eigenvalue weighted by Gasteiger charge is -2.12. The first-order valence-electron chi connectivity index (χ1n) is 6.95. The second kappa shape index (κ2) is 6.03. The maximum absolute atomic E-state index is 5.75. The van der Waals surface area contributed by atoms with E-state index in [0.717, 1.165) is 6.42 Å². The molecule has 1 heteroatoms. The van der Waals surface area contributed by atoms with E-state index >= 15 is 0 Å². The minimum Gasteiger partial charge on any atom is -0.330 e. The van der Waals surface area contributed by atoms with Gasteiger partial charge in [-0.2, -0.15) is 0 Å². The molecule has 0 saturated heterocycles. The molecule has 100 valence electrons. The number of hydrogen-bond donors (Lipinski definition) is 1. The third kappa shape index (κ3) is 3.45. The van der Waals surface area contributed by atoms with Gasteiger partial charge in [-0.1, -0.05) is 55.0 Å². The molecule has 2 rings (SSSR count). The Labute approximate surface area is 116 Å². The van der Waals surface area contributed by atoms with E-state index in [9.17, 15) is 0 Å². The summed E-state index contributed by atoms with van der Waals surface area (Å²) in [6.45, 7) is 7.21. The van der Waals surface area contributed by atoms with E-state index in [4.69, 9.17) is 5.73 Å². The summed E-state index contributed by atoms with van der Waals surface area (Å²) in [5.74, 6) is 0.430. The lowest BCUT2D eigenvalue weighted by Crippen LogP contribution is -2.09. The van der Waals surface area contributed by atoms with E-state index < -0.39 is 0 Å². The monoisotopic (exact) mass is 253 g/mol. The number of hydrogen-bond acceptors (Lipinski definition) is 1. The van der Waals surface area contributed by atoms with Crippen molar-refractivity contribution in [1.29, 1.82) is 0 Å². The fourth-order valence-electron chi connectivity index (χ4n) is 2.41. The summed E-state index contributed by atoms with van der Waals surface area (Å²) in [5, 5.41) is 0. The minimum absolute atomic E-state index is 0.430. The third-order valence-corrected chi connectivity index (χ3v) is 3.77. The molecule has 2 aromatic carbocycles. The van der Waals surface area contributed by atoms with Crippen molar-refractivity contribution in [2.45, 2.75) is 33.1 Å². The maximum atomic E-state index is 5.75. The van der Waals surface area contributed by atoms with Gasteiger partial charge in [0.1, 0.15) is 0 Å². The van der Waals surface area contributed by atoms with Gasteiger partial charge in [0.05, 0.1) is 0 Å². The minimum atomic E-state index is 0.430. The van der Waals surface area contributed by atoms with E-state index in [2.05, 4.69) is 63.2 Å². The van der Waals surface area contributed by atoms with Crippen molar-refractivity contribution in [1.82, 2.24) is 0 Å². The molecule has 0 aliphatic rings. The van der Waals surface area contributed by atoms with Gasteiger partial charge in [0.25, 0.3) is 0 Å². The van der Waals surface area contributed by atoms with Crippen molar-refractivity contribution >= 4 is 0 Å². The predicted molar refractivity (Wildman–Crippen MR) is 82.6 cm³/mol. The van der Waals surface area contributed by atoms with Gasteiger partial charge in [-0.25, -0.2) is 0 Å². The average molecular weight is 253 g/mol. The summed E-state index contributed by atoms with van der Waals surface area (Å²) in [5.41, 5.74) is 12.6. The molecule has 0 amide bonds. The Balaban J connectivity index is 2.23. The first-order chi connectivity index (χ1) is 9.10. The summed E-state index contributed by atoms with van der Waals surface area (Å²) in [6, 6.07) is 15.5. The molecule has 1 unspecified atom stereocenters. The highest BCUT2D eigenvalue weighted by Gasteiger charge is 2.05. The smallest absolute Gasteiger partial charge is 0.00109 e. The van der Waals surface area contributed by atoms with Crippen LogP contribution in [0.1, 0.15) is 40.7 Å². The average Bonchev–Trinajstić information content (AvgIpc) is 2.41. The molecular formula is C18H23N. The van der Waals surface area contributed by atoms with Crippen LogP contribution >= 0.6 is 0 Å². The summed E-state index contributed by atoms with van der Waals surface area (Å²) in [6.07, 6.45) is 0.997. The van der Waals surface area contributed by atoms with Crippen LogP contribution in [0.4, 0.5) is 0 Å². The molecule has 0 aromatic heterocycles. The van der Waals surface area contributed by atoms with Gasteiger partial charge in [0, 0.05) is 0 Å². The van der Waals surface area contributed by atoms with Gasteiger partial charge in [0.2, 0.25) is 0 Å². The molecular weight excluding hydrogens is 230 g/mol. The molecule has 1 nitrogen and oxygen atoms in total. The fraction of sp³-hybridized carbons (Fsp3) is 0.333. The maximum Gasteiger partial charge on any atom is -0.00109 e. The number of nitrogens with two attached hydrogens (primary N) is 1. The largest absolute Gasteiger partial charge is 0.330 e. The second-order valence-electron chi connectivity index (χ2n) is 5.49. The Hall–Kier alpha value is -1.60.